The molecule has 2 aliphatic heterocycles. The summed E-state index contributed by atoms with van der Waals surface area (Å²) in [4.78, 5) is 21.1. The molecule has 0 fully saturated rings. The van der Waals surface area contributed by atoms with Crippen molar-refractivity contribution in [3.05, 3.63) is 64.2 Å². The van der Waals surface area contributed by atoms with Crippen LogP contribution in [0.3, 0.4) is 0 Å². The fourth-order valence-corrected chi connectivity index (χ4v) is 6.57. The molecule has 1 unspecified atom stereocenters. The molecule has 3 heterocycles. The van der Waals surface area contributed by atoms with E-state index < -0.39 is 46.2 Å². The first kappa shape index (κ1) is 23.7. The topological polar surface area (TPSA) is 125 Å². The summed E-state index contributed by atoms with van der Waals surface area (Å²) in [6.45, 7) is 1.37. The lowest BCUT2D eigenvalue weighted by Crippen LogP contribution is -2.58. The van der Waals surface area contributed by atoms with Gasteiger partial charge in [0.05, 0.1) is 11.3 Å². The molecule has 0 saturated carbocycles. The van der Waals surface area contributed by atoms with E-state index in [1.54, 1.807) is 13.0 Å². The summed E-state index contributed by atoms with van der Waals surface area (Å²) in [5, 5.41) is 8.97. The predicted octanol–water partition coefficient (Wildman–Crippen LogP) is 2.70. The quantitative estimate of drug-likeness (QED) is 0.660. The number of carbonyl (C=O) groups excluding carboxylic acids is 1. The summed E-state index contributed by atoms with van der Waals surface area (Å²) in [5.41, 5.74) is 5.98. The van der Waals surface area contributed by atoms with Crippen LogP contribution in [-0.4, -0.2) is 50.0 Å². The number of Topliss-reactive ketones (excluding diaryl/α,β-unsaturated/α-hetero) is 1. The Kier molecular flexibility index (Phi) is 5.64. The van der Waals surface area contributed by atoms with Crippen LogP contribution >= 0.6 is 0 Å². The molecule has 4 rings (SSSR count). The summed E-state index contributed by atoms with van der Waals surface area (Å²) in [6.07, 6.45) is 1.19. The van der Waals surface area contributed by atoms with Crippen LogP contribution in [0.15, 0.2) is 39.8 Å². The molecule has 2 aromatic rings. The first-order valence-electron chi connectivity index (χ1n) is 10.3. The second-order valence-corrected chi connectivity index (χ2v) is 10.8. The number of nitrogens with zero attached hydrogens (tertiary/aromatic N) is 5. The normalized spacial score (nSPS) is 25.5. The van der Waals surface area contributed by atoms with Crippen molar-refractivity contribution >= 4 is 21.7 Å². The highest BCUT2D eigenvalue weighted by atomic mass is 32.2. The molecule has 178 valence electrons. The third kappa shape index (κ3) is 4.23. The Balaban J connectivity index is 1.68. The smallest absolute Gasteiger partial charge is 0.286 e. The number of alkyl halides is 2. The molecule has 1 aromatic heterocycles. The number of hydrogen-bond donors (Lipinski definition) is 1. The van der Waals surface area contributed by atoms with E-state index in [4.69, 9.17) is 11.0 Å². The van der Waals surface area contributed by atoms with Crippen LogP contribution in [0.1, 0.15) is 39.7 Å². The van der Waals surface area contributed by atoms with Crippen molar-refractivity contribution in [1.29, 1.82) is 5.26 Å². The molecule has 2 aliphatic rings. The third-order valence-corrected chi connectivity index (χ3v) is 8.23. The van der Waals surface area contributed by atoms with E-state index in [0.29, 0.717) is 16.7 Å². The number of carbonyl (C=O) groups is 1. The van der Waals surface area contributed by atoms with Gasteiger partial charge >= 0.3 is 0 Å². The summed E-state index contributed by atoms with van der Waals surface area (Å²) < 4.78 is 60.4. The molecule has 2 N–H and O–H groups in total. The first-order valence-corrected chi connectivity index (χ1v) is 11.9. The van der Waals surface area contributed by atoms with Crippen LogP contribution in [0.4, 0.5) is 13.2 Å². The Morgan fingerprint density at radius 3 is 2.76 bits per heavy atom. The number of hydrogen-bond acceptors (Lipinski definition) is 7. The van der Waals surface area contributed by atoms with Gasteiger partial charge in [-0.1, -0.05) is 6.07 Å². The van der Waals surface area contributed by atoms with Crippen molar-refractivity contribution in [1.82, 2.24) is 9.29 Å². The van der Waals surface area contributed by atoms with Gasteiger partial charge < -0.3 is 5.73 Å². The standard InChI is InChI=1S/C22H21F3N6O2S/c1-13-5-15(8-26)9-28-19(13)18(32)7-14-3-4-17(23)16(6-14)21(2)12-34(33)29-10-22(24,25)11-31(34)20(27)30-21/h3-6,9H,7,10-12H2,1-2H3,(H2,27,30)/t21-,34?/m0/s1. The molecule has 2 atom stereocenters. The Bertz CT molecular complexity index is 1390. The summed E-state index contributed by atoms with van der Waals surface area (Å²) in [6, 6.07) is 7.54. The highest BCUT2D eigenvalue weighted by Crippen LogP contribution is 2.38. The lowest BCUT2D eigenvalue weighted by molar-refractivity contribution is -0.000394. The molecule has 0 spiro atoms. The Labute approximate surface area is 194 Å². The minimum atomic E-state index is -3.36. The Morgan fingerprint density at radius 1 is 1.35 bits per heavy atom. The number of ketones is 1. The second kappa shape index (κ2) is 8.09. The Hall–Kier alpha value is -3.46. The predicted molar refractivity (Wildman–Crippen MR) is 119 cm³/mol. The monoisotopic (exact) mass is 490 g/mol. The summed E-state index contributed by atoms with van der Waals surface area (Å²) in [7, 11) is -3.36. The van der Waals surface area contributed by atoms with Gasteiger partial charge in [0.15, 0.2) is 5.78 Å². The van der Waals surface area contributed by atoms with Crippen molar-refractivity contribution in [3.8, 4) is 6.07 Å². The van der Waals surface area contributed by atoms with Gasteiger partial charge in [0.25, 0.3) is 5.92 Å². The maximum atomic E-state index is 14.9. The van der Waals surface area contributed by atoms with Crippen molar-refractivity contribution in [2.75, 3.05) is 18.8 Å². The van der Waals surface area contributed by atoms with Crippen LogP contribution in [0, 0.1) is 24.1 Å². The van der Waals surface area contributed by atoms with Crippen molar-refractivity contribution < 1.29 is 22.2 Å². The number of halogens is 3. The number of guanidine groups is 1. The van der Waals surface area contributed by atoms with Gasteiger partial charge in [0.1, 0.15) is 46.1 Å². The number of aromatic nitrogens is 1. The largest absolute Gasteiger partial charge is 0.369 e. The minimum absolute atomic E-state index is 0.0279. The molecule has 0 radical (unpaired) electrons. The Morgan fingerprint density at radius 2 is 2.09 bits per heavy atom. The van der Waals surface area contributed by atoms with Crippen molar-refractivity contribution in [3.63, 3.8) is 0 Å². The number of aliphatic imine (C=N–C) groups is 1. The van der Waals surface area contributed by atoms with E-state index in [-0.39, 0.29) is 29.2 Å². The lowest BCUT2D eigenvalue weighted by Gasteiger charge is -2.42. The summed E-state index contributed by atoms with van der Waals surface area (Å²) in [5.74, 6) is -4.93. The molecule has 8 nitrogen and oxygen atoms in total. The van der Waals surface area contributed by atoms with E-state index in [1.165, 1.54) is 31.3 Å². The van der Waals surface area contributed by atoms with Gasteiger partial charge in [0.2, 0.25) is 5.96 Å². The molecular formula is C22H21F3N6O2S. The fraction of sp³-hybridized carbons (Fsp3) is 0.364. The molecule has 0 bridgehead atoms. The number of benzene rings is 1. The maximum Gasteiger partial charge on any atom is 0.286 e. The van der Waals surface area contributed by atoms with Gasteiger partial charge in [-0.25, -0.2) is 31.0 Å². The first-order chi connectivity index (χ1) is 15.9. The van der Waals surface area contributed by atoms with E-state index in [9.17, 15) is 22.2 Å². The maximum absolute atomic E-state index is 14.9. The van der Waals surface area contributed by atoms with Gasteiger partial charge in [0, 0.05) is 18.2 Å². The van der Waals surface area contributed by atoms with Gasteiger partial charge in [-0.3, -0.25) is 9.78 Å². The fourth-order valence-electron chi connectivity index (χ4n) is 4.11. The van der Waals surface area contributed by atoms with Gasteiger partial charge in [-0.2, -0.15) is 5.26 Å². The number of nitriles is 1. The summed E-state index contributed by atoms with van der Waals surface area (Å²) >= 11 is 0. The molecule has 34 heavy (non-hydrogen) atoms. The lowest BCUT2D eigenvalue weighted by atomic mass is 9.91. The van der Waals surface area contributed by atoms with E-state index >= 15 is 0 Å². The van der Waals surface area contributed by atoms with Crippen LogP contribution in [-0.2, 0) is 21.9 Å². The van der Waals surface area contributed by atoms with E-state index in [2.05, 4.69) is 14.3 Å². The van der Waals surface area contributed by atoms with Gasteiger partial charge in [-0.15, -0.1) is 0 Å². The number of fused-ring (bicyclic) bond motifs is 1. The van der Waals surface area contributed by atoms with Crippen LogP contribution in [0.5, 0.6) is 0 Å². The highest BCUT2D eigenvalue weighted by Gasteiger charge is 2.48. The molecule has 0 amide bonds. The van der Waals surface area contributed by atoms with Crippen LogP contribution < -0.4 is 5.73 Å². The highest BCUT2D eigenvalue weighted by molar-refractivity contribution is 7.92. The van der Waals surface area contributed by atoms with Crippen molar-refractivity contribution in [2.45, 2.75) is 31.7 Å². The zero-order valence-corrected chi connectivity index (χ0v) is 19.2. The van der Waals surface area contributed by atoms with Gasteiger partial charge in [-0.05, 0) is 43.2 Å². The minimum Gasteiger partial charge on any atom is -0.369 e. The molecular weight excluding hydrogens is 469 g/mol. The number of rotatable bonds is 4. The zero-order chi connectivity index (χ0) is 24.9. The molecule has 0 aliphatic carbocycles. The van der Waals surface area contributed by atoms with Crippen molar-refractivity contribution in [2.24, 2.45) is 15.1 Å². The average molecular weight is 491 g/mol. The number of nitrogens with two attached hydrogens (primary N) is 1. The SMILES string of the molecule is Cc1cc(C#N)cnc1C(=O)Cc1ccc(F)c([C@]2(C)CS3(=O)=NCC(F)(F)CN3C(N)=N2)c1. The molecule has 0 saturated heterocycles. The molecule has 1 aromatic carbocycles. The van der Waals surface area contributed by atoms with Crippen LogP contribution in [0.2, 0.25) is 0 Å². The van der Waals surface area contributed by atoms with Crippen LogP contribution in [0.25, 0.3) is 0 Å². The molecule has 12 heteroatoms. The second-order valence-electron chi connectivity index (χ2n) is 8.59. The number of pyridine rings is 1. The average Bonchev–Trinajstić information content (AvgIpc) is 2.75. The number of aryl methyl sites for hydroxylation is 1. The van der Waals surface area contributed by atoms with E-state index in [0.717, 1.165) is 4.31 Å². The zero-order valence-electron chi connectivity index (χ0n) is 18.4. The van der Waals surface area contributed by atoms with E-state index in [1.807, 2.05) is 6.07 Å². The third-order valence-electron chi connectivity index (χ3n) is 5.75.